The summed E-state index contributed by atoms with van der Waals surface area (Å²) in [5.41, 5.74) is 4.35. The highest BCUT2D eigenvalue weighted by Gasteiger charge is 2.33. The Kier molecular flexibility index (Phi) is 5.12. The number of hydrogen-bond donors (Lipinski definition) is 1. The lowest BCUT2D eigenvalue weighted by molar-refractivity contribution is -0.123. The summed E-state index contributed by atoms with van der Waals surface area (Å²) in [6.07, 6.45) is 1.75. The molecular formula is C22H23N3O3. The monoisotopic (exact) mass is 377 g/mol. The van der Waals surface area contributed by atoms with Crippen LogP contribution in [0.4, 0.5) is 10.5 Å². The van der Waals surface area contributed by atoms with E-state index < -0.39 is 0 Å². The first-order valence-electron chi connectivity index (χ1n) is 9.43. The number of imide groups is 1. The summed E-state index contributed by atoms with van der Waals surface area (Å²) in [4.78, 5) is 28.5. The van der Waals surface area contributed by atoms with Gasteiger partial charge in [-0.15, -0.1) is 0 Å². The van der Waals surface area contributed by atoms with Crippen LogP contribution in [0.25, 0.3) is 6.08 Å². The third-order valence-electron chi connectivity index (χ3n) is 5.08. The SMILES string of the molecule is Cc1cc(N2CCOCC2)ccc1/C=C1\NC(=O)N(Cc2ccccc2)C1=O. The number of morpholine rings is 1. The minimum atomic E-state index is -0.386. The second-order valence-corrected chi connectivity index (χ2v) is 7.01. The molecule has 2 fully saturated rings. The number of aryl methyl sites for hydroxylation is 1. The molecule has 0 aliphatic carbocycles. The Labute approximate surface area is 164 Å². The van der Waals surface area contributed by atoms with Gasteiger partial charge in [-0.1, -0.05) is 36.4 Å². The van der Waals surface area contributed by atoms with Crippen molar-refractivity contribution in [2.45, 2.75) is 13.5 Å². The Morgan fingerprint density at radius 1 is 1.07 bits per heavy atom. The topological polar surface area (TPSA) is 61.9 Å². The van der Waals surface area contributed by atoms with Crippen LogP contribution in [0, 0.1) is 6.92 Å². The predicted octanol–water partition coefficient (Wildman–Crippen LogP) is 2.92. The first kappa shape index (κ1) is 18.3. The molecular weight excluding hydrogens is 354 g/mol. The van der Waals surface area contributed by atoms with E-state index in [9.17, 15) is 9.59 Å². The first-order valence-corrected chi connectivity index (χ1v) is 9.43. The van der Waals surface area contributed by atoms with Crippen molar-refractivity contribution in [2.75, 3.05) is 31.2 Å². The molecule has 2 heterocycles. The molecule has 3 amide bonds. The Morgan fingerprint density at radius 3 is 2.54 bits per heavy atom. The fourth-order valence-electron chi connectivity index (χ4n) is 3.48. The fraction of sp³-hybridized carbons (Fsp3) is 0.273. The summed E-state index contributed by atoms with van der Waals surface area (Å²) >= 11 is 0. The van der Waals surface area contributed by atoms with Crippen LogP contribution in [0.2, 0.25) is 0 Å². The van der Waals surface area contributed by atoms with E-state index in [0.29, 0.717) is 5.70 Å². The third-order valence-corrected chi connectivity index (χ3v) is 5.08. The summed E-state index contributed by atoms with van der Waals surface area (Å²) in [5.74, 6) is -0.300. The molecule has 0 radical (unpaired) electrons. The van der Waals surface area contributed by atoms with Gasteiger partial charge >= 0.3 is 6.03 Å². The molecule has 2 aliphatic rings. The molecule has 4 rings (SSSR count). The van der Waals surface area contributed by atoms with Crippen molar-refractivity contribution in [1.82, 2.24) is 10.2 Å². The highest BCUT2D eigenvalue weighted by Crippen LogP contribution is 2.23. The lowest BCUT2D eigenvalue weighted by atomic mass is 10.1. The van der Waals surface area contributed by atoms with E-state index in [0.717, 1.165) is 48.7 Å². The average molecular weight is 377 g/mol. The number of carbonyl (C=O) groups excluding carboxylic acids is 2. The largest absolute Gasteiger partial charge is 0.378 e. The van der Waals surface area contributed by atoms with Crippen molar-refractivity contribution < 1.29 is 14.3 Å². The third kappa shape index (κ3) is 3.77. The van der Waals surface area contributed by atoms with Crippen LogP contribution in [0.3, 0.4) is 0 Å². The molecule has 0 spiro atoms. The summed E-state index contributed by atoms with van der Waals surface area (Å²) < 4.78 is 5.40. The van der Waals surface area contributed by atoms with Gasteiger partial charge in [0.25, 0.3) is 5.91 Å². The minimum absolute atomic E-state index is 0.262. The van der Waals surface area contributed by atoms with Crippen LogP contribution >= 0.6 is 0 Å². The van der Waals surface area contributed by atoms with Gasteiger partial charge in [0.2, 0.25) is 0 Å². The molecule has 28 heavy (non-hydrogen) atoms. The minimum Gasteiger partial charge on any atom is -0.378 e. The number of nitrogens with zero attached hydrogens (tertiary/aromatic N) is 2. The first-order chi connectivity index (χ1) is 13.6. The van der Waals surface area contributed by atoms with Gasteiger partial charge in [0.15, 0.2) is 0 Å². The zero-order valence-corrected chi connectivity index (χ0v) is 15.9. The van der Waals surface area contributed by atoms with Crippen molar-refractivity contribution in [3.63, 3.8) is 0 Å². The van der Waals surface area contributed by atoms with E-state index in [2.05, 4.69) is 16.3 Å². The zero-order valence-electron chi connectivity index (χ0n) is 15.9. The number of carbonyl (C=O) groups is 2. The molecule has 2 aromatic rings. The quantitative estimate of drug-likeness (QED) is 0.657. The molecule has 0 saturated carbocycles. The molecule has 0 unspecified atom stereocenters. The Balaban J connectivity index is 1.52. The number of hydrogen-bond acceptors (Lipinski definition) is 4. The molecule has 2 saturated heterocycles. The standard InChI is InChI=1S/C22H23N3O3/c1-16-13-19(24-9-11-28-12-10-24)8-7-18(16)14-20-21(26)25(22(27)23-20)15-17-5-3-2-4-6-17/h2-8,13-14H,9-12,15H2,1H3,(H,23,27)/b20-14-. The zero-order chi connectivity index (χ0) is 19.5. The van der Waals surface area contributed by atoms with Gasteiger partial charge in [-0.05, 0) is 41.8 Å². The van der Waals surface area contributed by atoms with E-state index in [1.165, 1.54) is 4.90 Å². The molecule has 1 N–H and O–H groups in total. The van der Waals surface area contributed by atoms with Gasteiger partial charge in [0.1, 0.15) is 5.70 Å². The number of rotatable bonds is 4. The molecule has 6 heteroatoms. The predicted molar refractivity (Wildman–Crippen MR) is 108 cm³/mol. The van der Waals surface area contributed by atoms with Crippen LogP contribution in [0.1, 0.15) is 16.7 Å². The van der Waals surface area contributed by atoms with E-state index in [4.69, 9.17) is 4.74 Å². The van der Waals surface area contributed by atoms with E-state index in [-0.39, 0.29) is 18.5 Å². The Hall–Kier alpha value is -3.12. The number of anilines is 1. The summed E-state index contributed by atoms with van der Waals surface area (Å²) in [5, 5.41) is 2.70. The molecule has 2 aromatic carbocycles. The van der Waals surface area contributed by atoms with Gasteiger partial charge in [-0.2, -0.15) is 0 Å². The van der Waals surface area contributed by atoms with Crippen LogP contribution in [0.5, 0.6) is 0 Å². The van der Waals surface area contributed by atoms with Crippen molar-refractivity contribution in [2.24, 2.45) is 0 Å². The van der Waals surface area contributed by atoms with Crippen LogP contribution in [-0.4, -0.2) is 43.1 Å². The lowest BCUT2D eigenvalue weighted by Crippen LogP contribution is -2.36. The number of amides is 3. The number of benzene rings is 2. The van der Waals surface area contributed by atoms with Crippen molar-refractivity contribution in [3.05, 3.63) is 70.9 Å². The lowest BCUT2D eigenvalue weighted by Gasteiger charge is -2.29. The van der Waals surface area contributed by atoms with Crippen molar-refractivity contribution >= 4 is 23.7 Å². The second kappa shape index (κ2) is 7.86. The highest BCUT2D eigenvalue weighted by atomic mass is 16.5. The highest BCUT2D eigenvalue weighted by molar-refractivity contribution is 6.14. The van der Waals surface area contributed by atoms with Gasteiger partial charge < -0.3 is 15.0 Å². The molecule has 6 nitrogen and oxygen atoms in total. The Morgan fingerprint density at radius 2 is 1.82 bits per heavy atom. The number of ether oxygens (including phenoxy) is 1. The molecule has 0 aromatic heterocycles. The van der Waals surface area contributed by atoms with Crippen molar-refractivity contribution in [1.29, 1.82) is 0 Å². The molecule has 0 bridgehead atoms. The molecule has 0 atom stereocenters. The maximum absolute atomic E-state index is 12.7. The van der Waals surface area contributed by atoms with Gasteiger partial charge in [-0.25, -0.2) is 4.79 Å². The second-order valence-electron chi connectivity index (χ2n) is 7.01. The van der Waals surface area contributed by atoms with E-state index >= 15 is 0 Å². The van der Waals surface area contributed by atoms with E-state index in [1.54, 1.807) is 6.08 Å². The Bertz CT molecular complexity index is 918. The summed E-state index contributed by atoms with van der Waals surface area (Å²) in [6.45, 7) is 5.51. The summed E-state index contributed by atoms with van der Waals surface area (Å²) in [7, 11) is 0. The van der Waals surface area contributed by atoms with Gasteiger partial charge in [0.05, 0.1) is 19.8 Å². The van der Waals surface area contributed by atoms with Crippen LogP contribution in [0.15, 0.2) is 54.2 Å². The van der Waals surface area contributed by atoms with E-state index in [1.807, 2.05) is 49.4 Å². The van der Waals surface area contributed by atoms with Gasteiger partial charge in [-0.3, -0.25) is 9.69 Å². The fourth-order valence-corrected chi connectivity index (χ4v) is 3.48. The normalized spacial score (nSPS) is 18.7. The average Bonchev–Trinajstić information content (AvgIpc) is 2.98. The van der Waals surface area contributed by atoms with Crippen LogP contribution < -0.4 is 10.2 Å². The molecule has 2 aliphatic heterocycles. The van der Waals surface area contributed by atoms with Gasteiger partial charge in [0, 0.05) is 18.8 Å². The number of nitrogens with one attached hydrogen (secondary N) is 1. The summed E-state index contributed by atoms with van der Waals surface area (Å²) in [6, 6.07) is 15.3. The molecule has 144 valence electrons. The van der Waals surface area contributed by atoms with Crippen LogP contribution in [-0.2, 0) is 16.1 Å². The maximum atomic E-state index is 12.7. The number of urea groups is 1. The van der Waals surface area contributed by atoms with Crippen molar-refractivity contribution in [3.8, 4) is 0 Å². The smallest absolute Gasteiger partial charge is 0.329 e. The maximum Gasteiger partial charge on any atom is 0.329 e.